The summed E-state index contributed by atoms with van der Waals surface area (Å²) in [4.78, 5) is 23.1. The minimum atomic E-state index is -4.41. The van der Waals surface area contributed by atoms with Crippen LogP contribution in [0.1, 0.15) is 15.9 Å². The van der Waals surface area contributed by atoms with Crippen LogP contribution in [0.2, 0.25) is 0 Å². The van der Waals surface area contributed by atoms with Gasteiger partial charge in [0.05, 0.1) is 47.5 Å². The number of esters is 1. The molecule has 0 spiro atoms. The van der Waals surface area contributed by atoms with Crippen molar-refractivity contribution in [2.24, 2.45) is 0 Å². The van der Waals surface area contributed by atoms with Crippen LogP contribution in [-0.2, 0) is 26.0 Å². The maximum atomic E-state index is 13.3. The number of rotatable bonds is 10. The van der Waals surface area contributed by atoms with Crippen molar-refractivity contribution in [1.29, 1.82) is 0 Å². The summed E-state index contributed by atoms with van der Waals surface area (Å²) in [6.07, 6.45) is -0.403. The van der Waals surface area contributed by atoms with Gasteiger partial charge in [-0.3, -0.25) is 9.52 Å². The highest BCUT2D eigenvalue weighted by Gasteiger charge is 2.30. The van der Waals surface area contributed by atoms with Gasteiger partial charge in [-0.1, -0.05) is 6.07 Å². The molecule has 2 rings (SSSR count). The summed E-state index contributed by atoms with van der Waals surface area (Å²) in [6, 6.07) is 5.17. The van der Waals surface area contributed by atoms with Crippen molar-refractivity contribution in [3.8, 4) is 23.0 Å². The van der Waals surface area contributed by atoms with E-state index in [0.717, 1.165) is 7.11 Å². The van der Waals surface area contributed by atoms with Gasteiger partial charge in [-0.05, 0) is 17.7 Å². The zero-order valence-electron chi connectivity index (χ0n) is 18.0. The number of sulfonamides is 1. The second-order valence-electron chi connectivity index (χ2n) is 6.22. The molecule has 0 heterocycles. The summed E-state index contributed by atoms with van der Waals surface area (Å²) in [5.41, 5.74) is -0.236. The lowest BCUT2D eigenvalue weighted by Crippen LogP contribution is -2.19. The zero-order valence-corrected chi connectivity index (χ0v) is 18.9. The van der Waals surface area contributed by atoms with E-state index in [4.69, 9.17) is 28.8 Å². The van der Waals surface area contributed by atoms with Crippen LogP contribution in [0, 0.1) is 0 Å². The molecular weight excluding hydrogens is 446 g/mol. The van der Waals surface area contributed by atoms with Crippen LogP contribution < -0.4 is 23.7 Å². The first-order valence-electron chi connectivity index (χ1n) is 8.96. The number of carbonyl (C=O) groups is 2. The number of methoxy groups -OCH3 is 5. The van der Waals surface area contributed by atoms with E-state index in [9.17, 15) is 18.0 Å². The summed E-state index contributed by atoms with van der Waals surface area (Å²) in [5, 5.41) is 9.03. The Hall–Kier alpha value is -3.67. The molecule has 174 valence electrons. The quantitative estimate of drug-likeness (QED) is 0.495. The first-order chi connectivity index (χ1) is 15.1. The van der Waals surface area contributed by atoms with E-state index in [1.165, 1.54) is 52.7 Å². The Bertz CT molecular complexity index is 1130. The normalized spacial score (nSPS) is 10.8. The van der Waals surface area contributed by atoms with Crippen LogP contribution in [0.25, 0.3) is 0 Å². The van der Waals surface area contributed by atoms with E-state index >= 15 is 0 Å². The number of carbonyl (C=O) groups excluding carboxylic acids is 1. The Morgan fingerprint density at radius 2 is 1.53 bits per heavy atom. The molecule has 0 amide bonds. The van der Waals surface area contributed by atoms with Crippen LogP contribution in [0.15, 0.2) is 29.2 Å². The minimum absolute atomic E-state index is 0.0342. The fraction of sp³-hybridized carbons (Fsp3) is 0.300. The van der Waals surface area contributed by atoms with E-state index in [1.807, 2.05) is 0 Å². The van der Waals surface area contributed by atoms with Crippen LogP contribution in [-0.4, -0.2) is 61.0 Å². The Balaban J connectivity index is 2.74. The van der Waals surface area contributed by atoms with Crippen molar-refractivity contribution in [2.45, 2.75) is 11.3 Å². The molecule has 12 heteroatoms. The third kappa shape index (κ3) is 4.97. The minimum Gasteiger partial charge on any atom is -0.495 e. The van der Waals surface area contributed by atoms with Gasteiger partial charge in [0.2, 0.25) is 5.75 Å². The Morgan fingerprint density at radius 1 is 0.906 bits per heavy atom. The number of hydrogen-bond donors (Lipinski definition) is 2. The number of aliphatic carboxylic acids is 1. The monoisotopic (exact) mass is 469 g/mol. The highest BCUT2D eigenvalue weighted by Crippen LogP contribution is 2.46. The first-order valence-corrected chi connectivity index (χ1v) is 10.4. The largest absolute Gasteiger partial charge is 0.495 e. The fourth-order valence-corrected chi connectivity index (χ4v) is 4.24. The molecule has 0 aliphatic carbocycles. The molecule has 2 aromatic rings. The second kappa shape index (κ2) is 10.1. The molecule has 0 aliphatic rings. The molecule has 2 aromatic carbocycles. The van der Waals surface area contributed by atoms with E-state index < -0.39 is 28.4 Å². The van der Waals surface area contributed by atoms with Gasteiger partial charge in [-0.25, -0.2) is 13.2 Å². The van der Waals surface area contributed by atoms with Gasteiger partial charge in [-0.15, -0.1) is 0 Å². The van der Waals surface area contributed by atoms with Gasteiger partial charge in [0.15, 0.2) is 11.5 Å². The molecular formula is C20H23NO10S. The fourth-order valence-electron chi connectivity index (χ4n) is 2.93. The molecule has 0 fully saturated rings. The zero-order chi connectivity index (χ0) is 24.1. The van der Waals surface area contributed by atoms with Crippen LogP contribution in [0.5, 0.6) is 23.0 Å². The maximum Gasteiger partial charge on any atom is 0.340 e. The molecule has 0 aliphatic heterocycles. The average Bonchev–Trinajstić information content (AvgIpc) is 2.77. The van der Waals surface area contributed by atoms with Crippen molar-refractivity contribution in [3.05, 3.63) is 35.4 Å². The average molecular weight is 469 g/mol. The number of carboxylic acid groups (broad SMARTS) is 1. The number of hydrogen-bond acceptors (Lipinski definition) is 9. The van der Waals surface area contributed by atoms with Gasteiger partial charge in [-0.2, -0.15) is 0 Å². The highest BCUT2D eigenvalue weighted by atomic mass is 32.2. The molecule has 0 unspecified atom stereocenters. The highest BCUT2D eigenvalue weighted by molar-refractivity contribution is 7.92. The smallest absolute Gasteiger partial charge is 0.340 e. The lowest BCUT2D eigenvalue weighted by atomic mass is 10.1. The van der Waals surface area contributed by atoms with E-state index in [1.54, 1.807) is 0 Å². The van der Waals surface area contributed by atoms with Gasteiger partial charge < -0.3 is 28.8 Å². The van der Waals surface area contributed by atoms with Gasteiger partial charge >= 0.3 is 11.9 Å². The first kappa shape index (κ1) is 24.6. The van der Waals surface area contributed by atoms with Gasteiger partial charge in [0.1, 0.15) is 16.3 Å². The van der Waals surface area contributed by atoms with Crippen molar-refractivity contribution >= 4 is 27.6 Å². The second-order valence-corrected chi connectivity index (χ2v) is 7.87. The molecule has 0 saturated carbocycles. The molecule has 32 heavy (non-hydrogen) atoms. The summed E-state index contributed by atoms with van der Waals surface area (Å²) in [6.45, 7) is 0. The number of carboxylic acids is 1. The van der Waals surface area contributed by atoms with Crippen LogP contribution >= 0.6 is 0 Å². The molecule has 2 N–H and O–H groups in total. The Morgan fingerprint density at radius 3 is 2.03 bits per heavy atom. The molecule has 11 nitrogen and oxygen atoms in total. The van der Waals surface area contributed by atoms with Crippen molar-refractivity contribution in [1.82, 2.24) is 0 Å². The lowest BCUT2D eigenvalue weighted by Gasteiger charge is -2.20. The molecule has 0 radical (unpaired) electrons. The maximum absolute atomic E-state index is 13.3. The van der Waals surface area contributed by atoms with Crippen LogP contribution in [0.3, 0.4) is 0 Å². The molecule has 0 atom stereocenters. The number of nitrogens with one attached hydrogen (secondary N) is 1. The van der Waals surface area contributed by atoms with Crippen LogP contribution in [0.4, 0.5) is 5.69 Å². The van der Waals surface area contributed by atoms with Crippen molar-refractivity contribution in [3.63, 3.8) is 0 Å². The van der Waals surface area contributed by atoms with Gasteiger partial charge in [0, 0.05) is 6.07 Å². The number of benzene rings is 2. The standard InChI is InChI=1S/C20H23NO10S/c1-27-13-7-6-11(9-16(22)23)8-15(13)32(25,26)21-17-12(20(24)31-5)10-14(28-2)18(29-3)19(17)30-4/h6-8,10,21H,9H2,1-5H3,(H,22,23). The number of anilines is 1. The third-order valence-electron chi connectivity index (χ3n) is 4.34. The Kier molecular flexibility index (Phi) is 7.76. The molecule has 0 aromatic heterocycles. The van der Waals surface area contributed by atoms with E-state index in [-0.39, 0.29) is 44.7 Å². The van der Waals surface area contributed by atoms with Gasteiger partial charge in [0.25, 0.3) is 10.0 Å². The van der Waals surface area contributed by atoms with Crippen molar-refractivity contribution < 1.29 is 46.8 Å². The Labute approximate surface area is 184 Å². The summed E-state index contributed by atoms with van der Waals surface area (Å²) in [7, 11) is 1.89. The summed E-state index contributed by atoms with van der Waals surface area (Å²) < 4.78 is 54.6. The van der Waals surface area contributed by atoms with E-state index in [2.05, 4.69) is 4.72 Å². The SMILES string of the molecule is COC(=O)c1cc(OC)c(OC)c(OC)c1NS(=O)(=O)c1cc(CC(=O)O)ccc1OC. The summed E-state index contributed by atoms with van der Waals surface area (Å²) in [5.74, 6) is -2.03. The molecule has 0 bridgehead atoms. The lowest BCUT2D eigenvalue weighted by molar-refractivity contribution is -0.136. The predicted molar refractivity (Wildman–Crippen MR) is 113 cm³/mol. The molecule has 0 saturated heterocycles. The third-order valence-corrected chi connectivity index (χ3v) is 5.72. The predicted octanol–water partition coefficient (Wildman–Crippen LogP) is 1.94. The van der Waals surface area contributed by atoms with E-state index in [0.29, 0.717) is 0 Å². The summed E-state index contributed by atoms with van der Waals surface area (Å²) >= 11 is 0. The van der Waals surface area contributed by atoms with Crippen molar-refractivity contribution in [2.75, 3.05) is 40.3 Å². The topological polar surface area (TPSA) is 147 Å². The number of ether oxygens (including phenoxy) is 5.